The maximum Gasteiger partial charge on any atom is 0.266 e. The Balaban J connectivity index is 0.00000200. The van der Waals surface area contributed by atoms with Crippen LogP contribution in [-0.2, 0) is 4.79 Å². The number of rotatable bonds is 4. The van der Waals surface area contributed by atoms with Crippen molar-refractivity contribution in [2.45, 2.75) is 0 Å². The van der Waals surface area contributed by atoms with E-state index < -0.39 is 0 Å². The molecule has 0 aliphatic carbocycles. The Kier molecular flexibility index (Phi) is 6.48. The predicted molar refractivity (Wildman–Crippen MR) is 89.2 cm³/mol. The molecule has 108 valence electrons. The number of thioether (sulfide) groups is 1. The number of amides is 1. The Bertz CT molecular complexity index is 532. The minimum absolute atomic E-state index is 0. The van der Waals surface area contributed by atoms with Gasteiger partial charge in [0.15, 0.2) is 0 Å². The first kappa shape index (κ1) is 17.0. The quantitative estimate of drug-likeness (QED) is 0.678. The topological polar surface area (TPSA) is 55.6 Å². The smallest absolute Gasteiger partial charge is 0.266 e. The van der Waals surface area contributed by atoms with Crippen molar-refractivity contribution in [1.82, 2.24) is 4.90 Å². The lowest BCUT2D eigenvalue weighted by molar-refractivity contribution is -0.122. The molecule has 1 aromatic carbocycles. The molecule has 0 radical (unpaired) electrons. The van der Waals surface area contributed by atoms with E-state index >= 15 is 0 Å². The van der Waals surface area contributed by atoms with Crippen molar-refractivity contribution in [3.05, 3.63) is 34.7 Å². The Morgan fingerprint density at radius 3 is 2.60 bits per heavy atom. The molecule has 0 unspecified atom stereocenters. The molecule has 7 heteroatoms. The van der Waals surface area contributed by atoms with Crippen molar-refractivity contribution in [1.29, 1.82) is 0 Å². The Morgan fingerprint density at radius 2 is 2.05 bits per heavy atom. The van der Waals surface area contributed by atoms with Gasteiger partial charge in [-0.3, -0.25) is 9.69 Å². The van der Waals surface area contributed by atoms with E-state index in [-0.39, 0.29) is 18.3 Å². The average molecular weight is 331 g/mol. The van der Waals surface area contributed by atoms with Gasteiger partial charge in [0.05, 0.1) is 12.0 Å². The molecule has 1 fully saturated rings. The number of carbonyl (C=O) groups excluding carboxylic acids is 1. The lowest BCUT2D eigenvalue weighted by atomic mass is 10.2. The van der Waals surface area contributed by atoms with E-state index in [1.165, 1.54) is 16.7 Å². The number of nitrogens with two attached hydrogens (primary N) is 1. The SMILES string of the molecule is COc1ccc(/C=C2\SC(=S)N(CCN)C2=O)cc1.Cl. The van der Waals surface area contributed by atoms with Gasteiger partial charge in [-0.15, -0.1) is 12.4 Å². The third-order valence-electron chi connectivity index (χ3n) is 2.64. The molecule has 1 amide bonds. The summed E-state index contributed by atoms with van der Waals surface area (Å²) in [5.41, 5.74) is 6.41. The van der Waals surface area contributed by atoms with Crippen LogP contribution in [0.3, 0.4) is 0 Å². The zero-order valence-electron chi connectivity index (χ0n) is 10.9. The van der Waals surface area contributed by atoms with Crippen LogP contribution in [0.1, 0.15) is 5.56 Å². The van der Waals surface area contributed by atoms with Crippen molar-refractivity contribution in [3.8, 4) is 5.75 Å². The van der Waals surface area contributed by atoms with E-state index in [0.29, 0.717) is 22.3 Å². The number of carbonyl (C=O) groups is 1. The van der Waals surface area contributed by atoms with Gasteiger partial charge in [0, 0.05) is 13.1 Å². The molecule has 1 heterocycles. The molecule has 4 nitrogen and oxygen atoms in total. The molecule has 0 spiro atoms. The number of thiocarbonyl (C=S) groups is 1. The molecule has 0 bridgehead atoms. The first-order valence-corrected chi connectivity index (χ1v) is 6.97. The Labute approximate surface area is 133 Å². The maximum absolute atomic E-state index is 12.1. The average Bonchev–Trinajstić information content (AvgIpc) is 2.68. The van der Waals surface area contributed by atoms with E-state index in [0.717, 1.165) is 11.3 Å². The molecule has 1 aliphatic rings. The second-order valence-corrected chi connectivity index (χ2v) is 5.57. The summed E-state index contributed by atoms with van der Waals surface area (Å²) in [5, 5.41) is 0. The van der Waals surface area contributed by atoms with E-state index in [1.807, 2.05) is 30.3 Å². The van der Waals surface area contributed by atoms with Crippen LogP contribution in [0, 0.1) is 0 Å². The largest absolute Gasteiger partial charge is 0.497 e. The summed E-state index contributed by atoms with van der Waals surface area (Å²) in [4.78, 5) is 14.3. The minimum Gasteiger partial charge on any atom is -0.497 e. The third kappa shape index (κ3) is 3.73. The second-order valence-electron chi connectivity index (χ2n) is 3.90. The van der Waals surface area contributed by atoms with Crippen molar-refractivity contribution in [3.63, 3.8) is 0 Å². The van der Waals surface area contributed by atoms with Gasteiger partial charge in [-0.25, -0.2) is 0 Å². The van der Waals surface area contributed by atoms with E-state index in [9.17, 15) is 4.79 Å². The van der Waals surface area contributed by atoms with Gasteiger partial charge in [0.1, 0.15) is 10.1 Å². The highest BCUT2D eigenvalue weighted by Gasteiger charge is 2.31. The lowest BCUT2D eigenvalue weighted by Gasteiger charge is -2.11. The van der Waals surface area contributed by atoms with Gasteiger partial charge < -0.3 is 10.5 Å². The molecule has 0 saturated carbocycles. The highest BCUT2D eigenvalue weighted by atomic mass is 35.5. The summed E-state index contributed by atoms with van der Waals surface area (Å²) < 4.78 is 5.66. The third-order valence-corrected chi connectivity index (χ3v) is 4.02. The van der Waals surface area contributed by atoms with Crippen LogP contribution in [0.5, 0.6) is 5.75 Å². The number of ether oxygens (including phenoxy) is 1. The summed E-state index contributed by atoms with van der Waals surface area (Å²) in [6, 6.07) is 7.50. The number of methoxy groups -OCH3 is 1. The van der Waals surface area contributed by atoms with Gasteiger partial charge in [-0.2, -0.15) is 0 Å². The van der Waals surface area contributed by atoms with Crippen LogP contribution < -0.4 is 10.5 Å². The molecule has 20 heavy (non-hydrogen) atoms. The number of benzene rings is 1. The molecule has 1 aliphatic heterocycles. The number of hydrogen-bond donors (Lipinski definition) is 1. The number of hydrogen-bond acceptors (Lipinski definition) is 5. The zero-order chi connectivity index (χ0) is 13.8. The van der Waals surface area contributed by atoms with Crippen LogP contribution in [0.15, 0.2) is 29.2 Å². The van der Waals surface area contributed by atoms with Gasteiger partial charge in [-0.1, -0.05) is 36.1 Å². The number of halogens is 1. The van der Waals surface area contributed by atoms with Crippen molar-refractivity contribution in [2.75, 3.05) is 20.2 Å². The highest BCUT2D eigenvalue weighted by molar-refractivity contribution is 8.26. The second kappa shape index (κ2) is 7.64. The molecule has 0 atom stereocenters. The Morgan fingerprint density at radius 1 is 1.40 bits per heavy atom. The van der Waals surface area contributed by atoms with E-state index in [4.69, 9.17) is 22.7 Å². The van der Waals surface area contributed by atoms with Gasteiger partial charge in [-0.05, 0) is 23.8 Å². The first-order valence-electron chi connectivity index (χ1n) is 5.75. The normalized spacial score (nSPS) is 16.5. The van der Waals surface area contributed by atoms with Gasteiger partial charge in [0.25, 0.3) is 5.91 Å². The van der Waals surface area contributed by atoms with Crippen LogP contribution in [0.4, 0.5) is 0 Å². The Hall–Kier alpha value is -1.08. The van der Waals surface area contributed by atoms with Gasteiger partial charge >= 0.3 is 0 Å². The summed E-state index contributed by atoms with van der Waals surface area (Å²) in [5.74, 6) is 0.712. The van der Waals surface area contributed by atoms with E-state index in [1.54, 1.807) is 7.11 Å². The minimum atomic E-state index is -0.0729. The summed E-state index contributed by atoms with van der Waals surface area (Å²) >= 11 is 6.48. The number of nitrogens with zero attached hydrogens (tertiary/aromatic N) is 1. The monoisotopic (exact) mass is 330 g/mol. The first-order chi connectivity index (χ1) is 9.15. The van der Waals surface area contributed by atoms with Crippen LogP contribution in [-0.4, -0.2) is 35.3 Å². The molecular weight excluding hydrogens is 316 g/mol. The van der Waals surface area contributed by atoms with Crippen molar-refractivity contribution < 1.29 is 9.53 Å². The van der Waals surface area contributed by atoms with E-state index in [2.05, 4.69) is 0 Å². The fourth-order valence-corrected chi connectivity index (χ4v) is 2.98. The lowest BCUT2D eigenvalue weighted by Crippen LogP contribution is -2.32. The highest BCUT2D eigenvalue weighted by Crippen LogP contribution is 2.32. The molecule has 0 aromatic heterocycles. The summed E-state index contributed by atoms with van der Waals surface area (Å²) in [6.07, 6.45) is 1.83. The summed E-state index contributed by atoms with van der Waals surface area (Å²) in [6.45, 7) is 0.868. The summed E-state index contributed by atoms with van der Waals surface area (Å²) in [7, 11) is 1.62. The predicted octanol–water partition coefficient (Wildman–Crippen LogP) is 2.28. The molecule has 1 saturated heterocycles. The van der Waals surface area contributed by atoms with Crippen LogP contribution in [0.2, 0.25) is 0 Å². The maximum atomic E-state index is 12.1. The fraction of sp³-hybridized carbons (Fsp3) is 0.231. The van der Waals surface area contributed by atoms with Crippen molar-refractivity contribution in [2.24, 2.45) is 5.73 Å². The van der Waals surface area contributed by atoms with Crippen molar-refractivity contribution >= 4 is 52.7 Å². The molecular formula is C13H15ClN2O2S2. The molecule has 2 rings (SSSR count). The zero-order valence-corrected chi connectivity index (χ0v) is 13.3. The van der Waals surface area contributed by atoms with Gasteiger partial charge in [0.2, 0.25) is 0 Å². The fourth-order valence-electron chi connectivity index (χ4n) is 1.67. The molecule has 1 aromatic rings. The van der Waals surface area contributed by atoms with Crippen LogP contribution in [0.25, 0.3) is 6.08 Å². The van der Waals surface area contributed by atoms with Crippen LogP contribution >= 0.6 is 36.4 Å². The molecule has 2 N–H and O–H groups in total. The standard InChI is InChI=1S/C13H14N2O2S2.ClH/c1-17-10-4-2-9(3-5-10)8-11-12(16)15(7-6-14)13(18)19-11;/h2-5,8H,6-7,14H2,1H3;1H/b11-8-;.